The van der Waals surface area contributed by atoms with Gasteiger partial charge in [0, 0.05) is 6.20 Å². The standard InChI is InChI=1S/C11H9BrN2O2S/c1-6(11(15)16)10-13-5-4-7(14-10)8-2-3-9(12)17-8/h2-6H,1H3,(H,15,16). The van der Waals surface area contributed by atoms with Gasteiger partial charge in [0.05, 0.1) is 14.4 Å². The zero-order valence-corrected chi connectivity index (χ0v) is 11.3. The number of aliphatic carboxylic acids is 1. The smallest absolute Gasteiger partial charge is 0.313 e. The minimum atomic E-state index is -0.922. The molecule has 2 aromatic rings. The number of nitrogens with zero attached hydrogens (tertiary/aromatic N) is 2. The van der Waals surface area contributed by atoms with Crippen LogP contribution in [0.4, 0.5) is 0 Å². The van der Waals surface area contributed by atoms with Crippen LogP contribution < -0.4 is 0 Å². The van der Waals surface area contributed by atoms with Crippen molar-refractivity contribution in [1.82, 2.24) is 9.97 Å². The Morgan fingerprint density at radius 3 is 2.82 bits per heavy atom. The van der Waals surface area contributed by atoms with Crippen molar-refractivity contribution in [2.24, 2.45) is 0 Å². The lowest BCUT2D eigenvalue weighted by Crippen LogP contribution is -2.11. The first-order chi connectivity index (χ1) is 8.08. The SMILES string of the molecule is CC(C(=O)O)c1nccc(-c2ccc(Br)s2)n1. The van der Waals surface area contributed by atoms with Gasteiger partial charge in [0.2, 0.25) is 0 Å². The maximum atomic E-state index is 10.9. The van der Waals surface area contributed by atoms with Crippen molar-refractivity contribution in [2.45, 2.75) is 12.8 Å². The maximum absolute atomic E-state index is 10.9. The molecule has 0 fully saturated rings. The molecule has 0 spiro atoms. The molecule has 0 aliphatic heterocycles. The molecule has 88 valence electrons. The average molecular weight is 313 g/mol. The molecule has 0 bridgehead atoms. The van der Waals surface area contributed by atoms with Crippen molar-refractivity contribution in [3.05, 3.63) is 34.0 Å². The third-order valence-corrected chi connectivity index (χ3v) is 3.90. The van der Waals surface area contributed by atoms with Crippen LogP contribution in [0.3, 0.4) is 0 Å². The molecule has 2 heterocycles. The topological polar surface area (TPSA) is 63.1 Å². The van der Waals surface area contributed by atoms with E-state index < -0.39 is 11.9 Å². The zero-order chi connectivity index (χ0) is 12.4. The Hall–Kier alpha value is -1.27. The molecule has 0 aromatic carbocycles. The normalized spacial score (nSPS) is 12.4. The zero-order valence-electron chi connectivity index (χ0n) is 8.92. The van der Waals surface area contributed by atoms with Crippen LogP contribution in [0.5, 0.6) is 0 Å². The maximum Gasteiger partial charge on any atom is 0.313 e. The third kappa shape index (κ3) is 2.70. The van der Waals surface area contributed by atoms with Crippen LogP contribution in [0.25, 0.3) is 10.6 Å². The fraction of sp³-hybridized carbons (Fsp3) is 0.182. The van der Waals surface area contributed by atoms with Crippen molar-refractivity contribution in [3.63, 3.8) is 0 Å². The monoisotopic (exact) mass is 312 g/mol. The van der Waals surface area contributed by atoms with Crippen LogP contribution in [-0.4, -0.2) is 21.0 Å². The van der Waals surface area contributed by atoms with E-state index in [0.29, 0.717) is 5.82 Å². The lowest BCUT2D eigenvalue weighted by atomic mass is 10.1. The van der Waals surface area contributed by atoms with E-state index in [2.05, 4.69) is 25.9 Å². The number of carboxylic acid groups (broad SMARTS) is 1. The highest BCUT2D eigenvalue weighted by molar-refractivity contribution is 9.11. The Morgan fingerprint density at radius 1 is 1.47 bits per heavy atom. The molecule has 6 heteroatoms. The number of halogens is 1. The Balaban J connectivity index is 2.38. The molecule has 1 atom stereocenters. The van der Waals surface area contributed by atoms with E-state index in [-0.39, 0.29) is 0 Å². The summed E-state index contributed by atoms with van der Waals surface area (Å²) in [5.41, 5.74) is 0.749. The molecule has 0 radical (unpaired) electrons. The van der Waals surface area contributed by atoms with E-state index >= 15 is 0 Å². The third-order valence-electron chi connectivity index (χ3n) is 2.26. The molecule has 17 heavy (non-hydrogen) atoms. The highest BCUT2D eigenvalue weighted by Crippen LogP contribution is 2.30. The fourth-order valence-corrected chi connectivity index (χ4v) is 2.64. The van der Waals surface area contributed by atoms with Gasteiger partial charge in [-0.25, -0.2) is 9.97 Å². The van der Waals surface area contributed by atoms with Gasteiger partial charge in [-0.05, 0) is 41.1 Å². The molecule has 1 unspecified atom stereocenters. The summed E-state index contributed by atoms with van der Waals surface area (Å²) in [4.78, 5) is 20.1. The second-order valence-corrected chi connectivity index (χ2v) is 5.93. The molecular weight excluding hydrogens is 304 g/mol. The fourth-order valence-electron chi connectivity index (χ4n) is 1.28. The Labute approximate surface area is 110 Å². The molecule has 2 rings (SSSR count). The second kappa shape index (κ2) is 4.93. The van der Waals surface area contributed by atoms with E-state index in [1.807, 2.05) is 12.1 Å². The quantitative estimate of drug-likeness (QED) is 0.945. The van der Waals surface area contributed by atoms with Crippen molar-refractivity contribution in [3.8, 4) is 10.6 Å². The highest BCUT2D eigenvalue weighted by atomic mass is 79.9. The summed E-state index contributed by atoms with van der Waals surface area (Å²) in [5, 5.41) is 8.92. The number of rotatable bonds is 3. The van der Waals surface area contributed by atoms with E-state index in [1.54, 1.807) is 30.5 Å². The second-order valence-electron chi connectivity index (χ2n) is 3.46. The lowest BCUT2D eigenvalue weighted by Gasteiger charge is -2.05. The molecule has 0 aliphatic carbocycles. The Morgan fingerprint density at radius 2 is 2.24 bits per heavy atom. The van der Waals surface area contributed by atoms with Gasteiger partial charge in [0.25, 0.3) is 0 Å². The molecular formula is C11H9BrN2O2S. The minimum absolute atomic E-state index is 0.333. The Kier molecular flexibility index (Phi) is 3.54. The van der Waals surface area contributed by atoms with Gasteiger partial charge in [-0.3, -0.25) is 4.79 Å². The number of carboxylic acids is 1. The van der Waals surface area contributed by atoms with Gasteiger partial charge in [-0.15, -0.1) is 11.3 Å². The predicted octanol–water partition coefficient (Wildman–Crippen LogP) is 3.16. The summed E-state index contributed by atoms with van der Waals surface area (Å²) in [5.74, 6) is -1.28. The summed E-state index contributed by atoms with van der Waals surface area (Å²) in [6.07, 6.45) is 1.59. The van der Waals surface area contributed by atoms with Crippen molar-refractivity contribution < 1.29 is 9.90 Å². The number of thiophene rings is 1. The van der Waals surface area contributed by atoms with Crippen LogP contribution in [0, 0.1) is 0 Å². The van der Waals surface area contributed by atoms with Crippen molar-refractivity contribution in [2.75, 3.05) is 0 Å². The molecule has 0 saturated heterocycles. The van der Waals surface area contributed by atoms with E-state index in [9.17, 15) is 4.79 Å². The number of aromatic nitrogens is 2. The molecule has 2 aromatic heterocycles. The molecule has 4 nitrogen and oxygen atoms in total. The van der Waals surface area contributed by atoms with Gasteiger partial charge in [0.1, 0.15) is 11.7 Å². The number of carbonyl (C=O) groups is 1. The number of hydrogen-bond acceptors (Lipinski definition) is 4. The van der Waals surface area contributed by atoms with Gasteiger partial charge in [0.15, 0.2) is 0 Å². The lowest BCUT2D eigenvalue weighted by molar-refractivity contribution is -0.138. The number of hydrogen-bond donors (Lipinski definition) is 1. The summed E-state index contributed by atoms with van der Waals surface area (Å²) in [6, 6.07) is 5.64. The van der Waals surface area contributed by atoms with Gasteiger partial charge >= 0.3 is 5.97 Å². The minimum Gasteiger partial charge on any atom is -0.481 e. The molecule has 0 aliphatic rings. The first-order valence-corrected chi connectivity index (χ1v) is 6.50. The van der Waals surface area contributed by atoms with Gasteiger partial charge < -0.3 is 5.11 Å². The molecule has 1 N–H and O–H groups in total. The molecule has 0 amide bonds. The summed E-state index contributed by atoms with van der Waals surface area (Å²) in [7, 11) is 0. The van der Waals surface area contributed by atoms with Gasteiger partial charge in [-0.1, -0.05) is 0 Å². The van der Waals surface area contributed by atoms with Crippen LogP contribution in [0.15, 0.2) is 28.2 Å². The largest absolute Gasteiger partial charge is 0.481 e. The van der Waals surface area contributed by atoms with E-state index in [1.165, 1.54) is 0 Å². The molecule has 0 saturated carbocycles. The summed E-state index contributed by atoms with van der Waals surface area (Å²) >= 11 is 4.93. The van der Waals surface area contributed by atoms with Gasteiger partial charge in [-0.2, -0.15) is 0 Å². The first-order valence-electron chi connectivity index (χ1n) is 4.89. The average Bonchev–Trinajstić information content (AvgIpc) is 2.75. The van der Waals surface area contributed by atoms with Crippen LogP contribution in [-0.2, 0) is 4.79 Å². The Bertz CT molecular complexity index is 556. The van der Waals surface area contributed by atoms with Crippen molar-refractivity contribution in [1.29, 1.82) is 0 Å². The summed E-state index contributed by atoms with van der Waals surface area (Å²) in [6.45, 7) is 1.58. The first kappa shape index (κ1) is 12.2. The van der Waals surface area contributed by atoms with Crippen LogP contribution in [0.2, 0.25) is 0 Å². The van der Waals surface area contributed by atoms with E-state index in [0.717, 1.165) is 14.4 Å². The highest BCUT2D eigenvalue weighted by Gasteiger charge is 2.17. The van der Waals surface area contributed by atoms with Crippen LogP contribution in [0.1, 0.15) is 18.7 Å². The van der Waals surface area contributed by atoms with Crippen molar-refractivity contribution >= 4 is 33.2 Å². The predicted molar refractivity (Wildman–Crippen MR) is 69.1 cm³/mol. The van der Waals surface area contributed by atoms with E-state index in [4.69, 9.17) is 5.11 Å². The summed E-state index contributed by atoms with van der Waals surface area (Å²) < 4.78 is 1.01. The van der Waals surface area contributed by atoms with Crippen LogP contribution >= 0.6 is 27.3 Å².